The fourth-order valence-electron chi connectivity index (χ4n) is 3.09. The molecule has 28 heavy (non-hydrogen) atoms. The number of nitrogens with one attached hydrogen (secondary N) is 3. The highest BCUT2D eigenvalue weighted by Crippen LogP contribution is 2.28. The third-order valence-corrected chi connectivity index (χ3v) is 4.55. The molecule has 3 N–H and O–H groups in total. The van der Waals surface area contributed by atoms with E-state index in [0.717, 1.165) is 17.5 Å². The minimum atomic E-state index is -0.627. The van der Waals surface area contributed by atoms with Crippen molar-refractivity contribution >= 4 is 23.3 Å². The van der Waals surface area contributed by atoms with Gasteiger partial charge in [-0.25, -0.2) is 4.79 Å². The number of rotatable bonds is 5. The number of carbonyl (C=O) groups excluding carboxylic acids is 2. The van der Waals surface area contributed by atoms with Crippen LogP contribution in [0.4, 0.5) is 16.2 Å². The fourth-order valence-corrected chi connectivity index (χ4v) is 3.09. The number of aryl methyl sites for hydroxylation is 1. The number of nitro groups is 1. The van der Waals surface area contributed by atoms with E-state index in [-0.39, 0.29) is 5.69 Å². The van der Waals surface area contributed by atoms with Crippen molar-refractivity contribution in [1.82, 2.24) is 10.6 Å². The molecule has 1 aliphatic rings. The summed E-state index contributed by atoms with van der Waals surface area (Å²) in [6, 6.07) is 12.3. The molecule has 144 valence electrons. The van der Waals surface area contributed by atoms with Crippen LogP contribution in [0.5, 0.6) is 0 Å². The van der Waals surface area contributed by atoms with E-state index in [4.69, 9.17) is 0 Å². The first-order chi connectivity index (χ1) is 13.4. The molecule has 2 aromatic rings. The lowest BCUT2D eigenvalue weighted by Crippen LogP contribution is -2.45. The Bertz CT molecular complexity index is 966. The van der Waals surface area contributed by atoms with Crippen LogP contribution in [0.3, 0.4) is 0 Å². The van der Waals surface area contributed by atoms with Gasteiger partial charge < -0.3 is 16.0 Å². The van der Waals surface area contributed by atoms with E-state index < -0.39 is 22.9 Å². The minimum Gasteiger partial charge on any atom is -0.327 e. The maximum absolute atomic E-state index is 12.9. The van der Waals surface area contributed by atoms with E-state index in [2.05, 4.69) is 16.0 Å². The van der Waals surface area contributed by atoms with E-state index in [1.54, 1.807) is 13.0 Å². The molecule has 8 heteroatoms. The molecule has 3 rings (SSSR count). The van der Waals surface area contributed by atoms with Crippen molar-refractivity contribution in [3.05, 3.63) is 81.0 Å². The van der Waals surface area contributed by atoms with Crippen molar-refractivity contribution < 1.29 is 14.5 Å². The summed E-state index contributed by atoms with van der Waals surface area (Å²) in [5.74, 6) is -0.449. The lowest BCUT2D eigenvalue weighted by atomic mass is 9.94. The smallest absolute Gasteiger partial charge is 0.319 e. The molecule has 0 fully saturated rings. The monoisotopic (exact) mass is 380 g/mol. The molecule has 0 saturated heterocycles. The topological polar surface area (TPSA) is 113 Å². The van der Waals surface area contributed by atoms with Gasteiger partial charge in [0.1, 0.15) is 0 Å². The van der Waals surface area contributed by atoms with E-state index >= 15 is 0 Å². The highest BCUT2D eigenvalue weighted by Gasteiger charge is 2.31. The molecule has 0 bridgehead atoms. The number of benzene rings is 2. The van der Waals surface area contributed by atoms with Crippen molar-refractivity contribution in [1.29, 1.82) is 0 Å². The van der Waals surface area contributed by atoms with Crippen molar-refractivity contribution in [2.45, 2.75) is 26.3 Å². The third-order valence-electron chi connectivity index (χ3n) is 4.55. The van der Waals surface area contributed by atoms with Gasteiger partial charge in [0.2, 0.25) is 0 Å². The van der Waals surface area contributed by atoms with E-state index in [9.17, 15) is 19.7 Å². The highest BCUT2D eigenvalue weighted by molar-refractivity contribution is 6.06. The first kappa shape index (κ1) is 19.1. The Morgan fingerprint density at radius 3 is 2.57 bits per heavy atom. The zero-order valence-corrected chi connectivity index (χ0v) is 15.5. The molecule has 8 nitrogen and oxygen atoms in total. The van der Waals surface area contributed by atoms with Crippen LogP contribution in [0.15, 0.2) is 59.8 Å². The molecule has 1 aliphatic heterocycles. The Morgan fingerprint density at radius 1 is 1.21 bits per heavy atom. The zero-order chi connectivity index (χ0) is 20.3. The Labute approximate surface area is 161 Å². The van der Waals surface area contributed by atoms with Crippen LogP contribution in [0.25, 0.3) is 0 Å². The van der Waals surface area contributed by atoms with Crippen LogP contribution >= 0.6 is 0 Å². The zero-order valence-electron chi connectivity index (χ0n) is 15.5. The van der Waals surface area contributed by atoms with Crippen molar-refractivity contribution in [2.24, 2.45) is 0 Å². The molecule has 0 unspecified atom stereocenters. The van der Waals surface area contributed by atoms with Crippen LogP contribution in [0.2, 0.25) is 0 Å². The summed E-state index contributed by atoms with van der Waals surface area (Å²) in [6.07, 6.45) is 0.883. The summed E-state index contributed by atoms with van der Waals surface area (Å²) in [5.41, 5.74) is 2.87. The Kier molecular flexibility index (Phi) is 5.39. The number of non-ortho nitro benzene ring substituents is 1. The van der Waals surface area contributed by atoms with E-state index in [1.165, 1.54) is 18.2 Å². The second kappa shape index (κ2) is 7.91. The fraction of sp³-hybridized carbons (Fsp3) is 0.200. The number of nitrogens with zero attached hydrogens (tertiary/aromatic N) is 1. The standard InChI is InChI=1S/C20H20N4O4/c1-3-13-7-9-14(10-8-13)18-17(12(2)21-20(26)23-18)19(25)22-15-5-4-6-16(11-15)24(27)28/h4-11,18H,3H2,1-2H3,(H,22,25)(H2,21,23,26)/t18-/m1/s1. The molecule has 1 atom stereocenters. The number of carbonyl (C=O) groups is 2. The van der Waals surface area contributed by atoms with Gasteiger partial charge in [0.25, 0.3) is 11.6 Å². The SMILES string of the molecule is CCc1ccc([C@H]2NC(=O)NC(C)=C2C(=O)Nc2cccc([N+](=O)[O-])c2)cc1. The molecule has 0 radical (unpaired) electrons. The van der Waals surface area contributed by atoms with Crippen LogP contribution in [-0.4, -0.2) is 16.9 Å². The van der Waals surface area contributed by atoms with Gasteiger partial charge >= 0.3 is 6.03 Å². The minimum absolute atomic E-state index is 0.120. The van der Waals surface area contributed by atoms with Gasteiger partial charge in [0.15, 0.2) is 0 Å². The number of allylic oxidation sites excluding steroid dienone is 1. The average molecular weight is 380 g/mol. The number of nitro benzene ring substituents is 1. The number of hydrogen-bond donors (Lipinski definition) is 3. The number of amides is 3. The van der Waals surface area contributed by atoms with Gasteiger partial charge in [-0.3, -0.25) is 14.9 Å². The second-order valence-electron chi connectivity index (χ2n) is 6.43. The summed E-state index contributed by atoms with van der Waals surface area (Å²) >= 11 is 0. The molecule has 1 heterocycles. The average Bonchev–Trinajstić information content (AvgIpc) is 2.67. The van der Waals surface area contributed by atoms with Crippen LogP contribution in [0.1, 0.15) is 31.0 Å². The molecule has 2 aromatic carbocycles. The lowest BCUT2D eigenvalue weighted by molar-refractivity contribution is -0.384. The molecule has 0 spiro atoms. The van der Waals surface area contributed by atoms with Gasteiger partial charge in [-0.1, -0.05) is 37.3 Å². The molecule has 3 amide bonds. The van der Waals surface area contributed by atoms with Gasteiger partial charge in [0.05, 0.1) is 16.5 Å². The van der Waals surface area contributed by atoms with Gasteiger partial charge in [0, 0.05) is 23.5 Å². The maximum Gasteiger partial charge on any atom is 0.319 e. The van der Waals surface area contributed by atoms with Gasteiger partial charge in [-0.15, -0.1) is 0 Å². The number of hydrogen-bond acceptors (Lipinski definition) is 4. The predicted octanol–water partition coefficient (Wildman–Crippen LogP) is 3.42. The van der Waals surface area contributed by atoms with Crippen LogP contribution < -0.4 is 16.0 Å². The summed E-state index contributed by atoms with van der Waals surface area (Å²) in [4.78, 5) is 35.3. The summed E-state index contributed by atoms with van der Waals surface area (Å²) in [5, 5.41) is 19.0. The largest absolute Gasteiger partial charge is 0.327 e. The number of anilines is 1. The summed E-state index contributed by atoms with van der Waals surface area (Å²) in [6.45, 7) is 3.69. The normalized spacial score (nSPS) is 16.2. The first-order valence-electron chi connectivity index (χ1n) is 8.82. The first-order valence-corrected chi connectivity index (χ1v) is 8.82. The van der Waals surface area contributed by atoms with Crippen molar-refractivity contribution in [2.75, 3.05) is 5.32 Å². The summed E-state index contributed by atoms with van der Waals surface area (Å²) in [7, 11) is 0. The predicted molar refractivity (Wildman–Crippen MR) is 105 cm³/mol. The highest BCUT2D eigenvalue weighted by atomic mass is 16.6. The Morgan fingerprint density at radius 2 is 1.93 bits per heavy atom. The Hall–Kier alpha value is -3.68. The molecule has 0 saturated carbocycles. The molecule has 0 aliphatic carbocycles. The number of urea groups is 1. The lowest BCUT2D eigenvalue weighted by Gasteiger charge is -2.28. The van der Waals surface area contributed by atoms with E-state index in [1.807, 2.05) is 31.2 Å². The van der Waals surface area contributed by atoms with Crippen LogP contribution in [-0.2, 0) is 11.2 Å². The second-order valence-corrected chi connectivity index (χ2v) is 6.43. The molecule has 0 aromatic heterocycles. The van der Waals surface area contributed by atoms with Crippen molar-refractivity contribution in [3.8, 4) is 0 Å². The van der Waals surface area contributed by atoms with Gasteiger partial charge in [-0.05, 0) is 30.5 Å². The van der Waals surface area contributed by atoms with Crippen LogP contribution in [0, 0.1) is 10.1 Å². The molecular formula is C20H20N4O4. The quantitative estimate of drug-likeness (QED) is 0.545. The third kappa shape index (κ3) is 4.01. The maximum atomic E-state index is 12.9. The molecular weight excluding hydrogens is 360 g/mol. The van der Waals surface area contributed by atoms with Gasteiger partial charge in [-0.2, -0.15) is 0 Å². The van der Waals surface area contributed by atoms with E-state index in [0.29, 0.717) is 17.0 Å². The Balaban J connectivity index is 1.92. The van der Waals surface area contributed by atoms with Crippen molar-refractivity contribution in [3.63, 3.8) is 0 Å². The summed E-state index contributed by atoms with van der Waals surface area (Å²) < 4.78 is 0.